The number of aryl methyl sites for hydroxylation is 1. The molecule has 0 saturated carbocycles. The summed E-state index contributed by atoms with van der Waals surface area (Å²) in [5.41, 5.74) is 2.99. The predicted octanol–water partition coefficient (Wildman–Crippen LogP) is 1.48. The van der Waals surface area contributed by atoms with Crippen LogP contribution in [-0.4, -0.2) is 48.8 Å². The molecule has 24 heavy (non-hydrogen) atoms. The summed E-state index contributed by atoms with van der Waals surface area (Å²) in [6, 6.07) is 5.87. The van der Waals surface area contributed by atoms with E-state index in [0.29, 0.717) is 39.1 Å². The smallest absolute Gasteiger partial charge is 0.226 e. The van der Waals surface area contributed by atoms with Gasteiger partial charge >= 0.3 is 0 Å². The van der Waals surface area contributed by atoms with Crippen molar-refractivity contribution < 1.29 is 19.1 Å². The highest BCUT2D eigenvalue weighted by molar-refractivity contribution is 5.94. The summed E-state index contributed by atoms with van der Waals surface area (Å²) in [5, 5.41) is 2.87. The highest BCUT2D eigenvalue weighted by Crippen LogP contribution is 2.31. The number of anilines is 1. The molecule has 2 saturated heterocycles. The van der Waals surface area contributed by atoms with Crippen LogP contribution in [0.15, 0.2) is 18.2 Å². The molecular weight excluding hydrogens is 308 g/mol. The highest BCUT2D eigenvalue weighted by atomic mass is 16.7. The maximum Gasteiger partial charge on any atom is 0.226 e. The van der Waals surface area contributed by atoms with Gasteiger partial charge in [-0.1, -0.05) is 12.1 Å². The SMILES string of the molecule is O=C1CCc2cc(CC(=O)N3CCC4(CC3)OCCO4)ccc2N1. The van der Waals surface area contributed by atoms with Crippen LogP contribution < -0.4 is 5.32 Å². The Labute approximate surface area is 141 Å². The number of hydrogen-bond acceptors (Lipinski definition) is 4. The molecule has 0 aliphatic carbocycles. The van der Waals surface area contributed by atoms with E-state index in [4.69, 9.17) is 9.47 Å². The summed E-state index contributed by atoms with van der Waals surface area (Å²) < 4.78 is 11.4. The molecule has 1 N–H and O–H groups in total. The first-order chi connectivity index (χ1) is 11.6. The number of fused-ring (bicyclic) bond motifs is 1. The third-order valence-corrected chi connectivity index (χ3v) is 5.11. The standard InChI is InChI=1S/C18H22N2O4/c21-16-4-2-14-11-13(1-3-15(14)19-16)12-17(22)20-7-5-18(6-8-20)23-9-10-24-18/h1,3,11H,2,4-10,12H2,(H,19,21). The Morgan fingerprint density at radius 1 is 1.17 bits per heavy atom. The average molecular weight is 330 g/mol. The van der Waals surface area contributed by atoms with Crippen LogP contribution in [0, 0.1) is 0 Å². The van der Waals surface area contributed by atoms with Crippen LogP contribution in [0.1, 0.15) is 30.4 Å². The second-order valence-corrected chi connectivity index (χ2v) is 6.70. The number of nitrogens with one attached hydrogen (secondary N) is 1. The Morgan fingerprint density at radius 2 is 1.92 bits per heavy atom. The zero-order valence-electron chi connectivity index (χ0n) is 13.7. The first kappa shape index (κ1) is 15.6. The number of amides is 2. The molecule has 3 heterocycles. The van der Waals surface area contributed by atoms with Gasteiger partial charge in [-0.3, -0.25) is 9.59 Å². The Kier molecular flexibility index (Phi) is 4.02. The number of carbonyl (C=O) groups is 2. The summed E-state index contributed by atoms with van der Waals surface area (Å²) >= 11 is 0. The summed E-state index contributed by atoms with van der Waals surface area (Å²) in [6.45, 7) is 2.67. The molecular formula is C18H22N2O4. The van der Waals surface area contributed by atoms with Crippen LogP contribution in [0.3, 0.4) is 0 Å². The van der Waals surface area contributed by atoms with E-state index in [0.717, 1.165) is 36.1 Å². The Bertz CT molecular complexity index is 657. The van der Waals surface area contributed by atoms with Gasteiger partial charge in [0.15, 0.2) is 5.79 Å². The van der Waals surface area contributed by atoms with E-state index in [1.165, 1.54) is 0 Å². The molecule has 1 aromatic carbocycles. The maximum absolute atomic E-state index is 12.6. The molecule has 128 valence electrons. The Balaban J connectivity index is 1.37. The topological polar surface area (TPSA) is 67.9 Å². The second-order valence-electron chi connectivity index (χ2n) is 6.70. The molecule has 3 aliphatic heterocycles. The molecule has 0 atom stereocenters. The van der Waals surface area contributed by atoms with Crippen molar-refractivity contribution >= 4 is 17.5 Å². The van der Waals surface area contributed by atoms with Crippen LogP contribution in [0.25, 0.3) is 0 Å². The molecule has 6 nitrogen and oxygen atoms in total. The minimum atomic E-state index is -0.444. The van der Waals surface area contributed by atoms with Crippen molar-refractivity contribution in [3.8, 4) is 0 Å². The molecule has 2 amide bonds. The zero-order chi connectivity index (χ0) is 16.6. The second kappa shape index (κ2) is 6.18. The number of rotatable bonds is 2. The lowest BCUT2D eigenvalue weighted by atomic mass is 9.98. The quantitative estimate of drug-likeness (QED) is 0.892. The molecule has 0 aromatic heterocycles. The van der Waals surface area contributed by atoms with Crippen LogP contribution in [0.4, 0.5) is 5.69 Å². The van der Waals surface area contributed by atoms with Crippen molar-refractivity contribution in [2.45, 2.75) is 37.9 Å². The molecule has 6 heteroatoms. The highest BCUT2D eigenvalue weighted by Gasteiger charge is 2.40. The molecule has 1 aromatic rings. The lowest BCUT2D eigenvalue weighted by molar-refractivity contribution is -0.187. The number of piperidine rings is 1. The number of likely N-dealkylation sites (tertiary alicyclic amines) is 1. The Hall–Kier alpha value is -1.92. The van der Waals surface area contributed by atoms with E-state index < -0.39 is 5.79 Å². The van der Waals surface area contributed by atoms with Crippen LogP contribution >= 0.6 is 0 Å². The van der Waals surface area contributed by atoms with Gasteiger partial charge in [-0.15, -0.1) is 0 Å². The van der Waals surface area contributed by atoms with Crippen LogP contribution in [0.2, 0.25) is 0 Å². The fourth-order valence-electron chi connectivity index (χ4n) is 3.72. The molecule has 0 unspecified atom stereocenters. The van der Waals surface area contributed by atoms with Gasteiger partial charge in [-0.05, 0) is 23.6 Å². The van der Waals surface area contributed by atoms with E-state index in [1.807, 2.05) is 23.1 Å². The monoisotopic (exact) mass is 330 g/mol. The van der Waals surface area contributed by atoms with Crippen LogP contribution in [0.5, 0.6) is 0 Å². The van der Waals surface area contributed by atoms with Crippen molar-refractivity contribution in [2.75, 3.05) is 31.6 Å². The van der Waals surface area contributed by atoms with Gasteiger partial charge in [0.1, 0.15) is 0 Å². The van der Waals surface area contributed by atoms with E-state index in [2.05, 4.69) is 5.32 Å². The summed E-state index contributed by atoms with van der Waals surface area (Å²) in [7, 11) is 0. The molecule has 0 radical (unpaired) electrons. The van der Waals surface area contributed by atoms with Gasteiger partial charge in [0.2, 0.25) is 11.8 Å². The number of nitrogens with zero attached hydrogens (tertiary/aromatic N) is 1. The molecule has 1 spiro atoms. The largest absolute Gasteiger partial charge is 0.347 e. The number of hydrogen-bond donors (Lipinski definition) is 1. The third-order valence-electron chi connectivity index (χ3n) is 5.11. The fraction of sp³-hybridized carbons (Fsp3) is 0.556. The number of benzene rings is 1. The first-order valence-corrected chi connectivity index (χ1v) is 8.61. The van der Waals surface area contributed by atoms with Crippen LogP contribution in [-0.2, 0) is 31.9 Å². The normalized spacial score (nSPS) is 22.3. The minimum Gasteiger partial charge on any atom is -0.347 e. The molecule has 4 rings (SSSR count). The van der Waals surface area contributed by atoms with Crippen molar-refractivity contribution in [3.63, 3.8) is 0 Å². The summed E-state index contributed by atoms with van der Waals surface area (Å²) in [6.07, 6.45) is 3.14. The number of carbonyl (C=O) groups excluding carboxylic acids is 2. The van der Waals surface area contributed by atoms with Gasteiger partial charge in [-0.25, -0.2) is 0 Å². The number of ether oxygens (including phenoxy) is 2. The van der Waals surface area contributed by atoms with E-state index in [9.17, 15) is 9.59 Å². The van der Waals surface area contributed by atoms with Gasteiger partial charge in [0, 0.05) is 38.0 Å². The molecule has 3 aliphatic rings. The van der Waals surface area contributed by atoms with Gasteiger partial charge in [0.05, 0.1) is 19.6 Å². The molecule has 0 bridgehead atoms. The first-order valence-electron chi connectivity index (χ1n) is 8.61. The molecule has 2 fully saturated rings. The van der Waals surface area contributed by atoms with Crippen molar-refractivity contribution in [1.82, 2.24) is 4.90 Å². The third kappa shape index (κ3) is 3.03. The minimum absolute atomic E-state index is 0.0601. The van der Waals surface area contributed by atoms with Gasteiger partial charge in [-0.2, -0.15) is 0 Å². The van der Waals surface area contributed by atoms with E-state index >= 15 is 0 Å². The van der Waals surface area contributed by atoms with Crippen molar-refractivity contribution in [3.05, 3.63) is 29.3 Å². The lowest BCUT2D eigenvalue weighted by Crippen LogP contribution is -2.47. The summed E-state index contributed by atoms with van der Waals surface area (Å²) in [5.74, 6) is -0.242. The van der Waals surface area contributed by atoms with Gasteiger partial charge < -0.3 is 19.7 Å². The van der Waals surface area contributed by atoms with E-state index in [1.54, 1.807) is 0 Å². The van der Waals surface area contributed by atoms with Crippen molar-refractivity contribution in [2.24, 2.45) is 0 Å². The van der Waals surface area contributed by atoms with Gasteiger partial charge in [0.25, 0.3) is 0 Å². The lowest BCUT2D eigenvalue weighted by Gasteiger charge is -2.37. The Morgan fingerprint density at radius 3 is 2.67 bits per heavy atom. The summed E-state index contributed by atoms with van der Waals surface area (Å²) in [4.78, 5) is 25.9. The van der Waals surface area contributed by atoms with E-state index in [-0.39, 0.29) is 11.8 Å². The zero-order valence-corrected chi connectivity index (χ0v) is 13.7. The fourth-order valence-corrected chi connectivity index (χ4v) is 3.72. The maximum atomic E-state index is 12.6. The predicted molar refractivity (Wildman–Crippen MR) is 87.5 cm³/mol. The van der Waals surface area contributed by atoms with Crippen molar-refractivity contribution in [1.29, 1.82) is 0 Å². The average Bonchev–Trinajstić information content (AvgIpc) is 3.03.